The number of hydrogen-bond donors (Lipinski definition) is 2. The van der Waals surface area contributed by atoms with Crippen LogP contribution in [0.1, 0.15) is 53.2 Å². The minimum atomic E-state index is -0.141. The van der Waals surface area contributed by atoms with Crippen molar-refractivity contribution in [3.63, 3.8) is 0 Å². The standard InChI is InChI=1S/C18H23N5O3/c1-11-10-15(24)21-18(19-11)23-8-6-12(7-9-23)20-17(25)16-13-4-2-3-5-14(13)26-22-16/h10,12H,2-9H2,1H3,(H,20,25)(H,19,21,24). The predicted molar refractivity (Wildman–Crippen MR) is 95.4 cm³/mol. The number of nitrogens with zero attached hydrogens (tertiary/aromatic N) is 3. The Morgan fingerprint density at radius 2 is 2.08 bits per heavy atom. The summed E-state index contributed by atoms with van der Waals surface area (Å²) in [4.78, 5) is 33.4. The molecule has 1 aliphatic carbocycles. The molecule has 2 N–H and O–H groups in total. The Balaban J connectivity index is 1.37. The molecule has 3 heterocycles. The topological polar surface area (TPSA) is 104 Å². The van der Waals surface area contributed by atoms with Crippen LogP contribution in [-0.4, -0.2) is 40.2 Å². The molecular formula is C18H23N5O3. The third kappa shape index (κ3) is 3.36. The third-order valence-electron chi connectivity index (χ3n) is 5.15. The molecule has 8 nitrogen and oxygen atoms in total. The van der Waals surface area contributed by atoms with E-state index in [1.54, 1.807) is 0 Å². The SMILES string of the molecule is Cc1cc(=O)[nH]c(N2CCC(NC(=O)c3noc4c3CCCC4)CC2)n1. The smallest absolute Gasteiger partial charge is 0.273 e. The van der Waals surface area contributed by atoms with Crippen LogP contribution in [0.3, 0.4) is 0 Å². The molecule has 1 fully saturated rings. The van der Waals surface area contributed by atoms with E-state index in [0.717, 1.165) is 62.9 Å². The highest BCUT2D eigenvalue weighted by Gasteiger charge is 2.27. The maximum atomic E-state index is 12.6. The minimum absolute atomic E-state index is 0.0891. The lowest BCUT2D eigenvalue weighted by molar-refractivity contribution is 0.0921. The van der Waals surface area contributed by atoms with Gasteiger partial charge in [0.25, 0.3) is 11.5 Å². The van der Waals surface area contributed by atoms with Crippen LogP contribution in [0.25, 0.3) is 0 Å². The molecule has 8 heteroatoms. The van der Waals surface area contributed by atoms with Crippen LogP contribution in [0.4, 0.5) is 5.95 Å². The molecule has 26 heavy (non-hydrogen) atoms. The Kier molecular flexibility index (Phi) is 4.48. The van der Waals surface area contributed by atoms with Gasteiger partial charge in [-0.1, -0.05) is 5.16 Å². The van der Waals surface area contributed by atoms with Gasteiger partial charge in [0.1, 0.15) is 5.76 Å². The molecule has 2 aliphatic rings. The molecule has 4 rings (SSSR count). The molecule has 0 aromatic carbocycles. The van der Waals surface area contributed by atoms with Gasteiger partial charge in [0, 0.05) is 42.9 Å². The van der Waals surface area contributed by atoms with E-state index in [4.69, 9.17) is 4.52 Å². The van der Waals surface area contributed by atoms with Crippen molar-refractivity contribution in [2.75, 3.05) is 18.0 Å². The van der Waals surface area contributed by atoms with Crippen molar-refractivity contribution in [3.8, 4) is 0 Å². The van der Waals surface area contributed by atoms with Crippen molar-refractivity contribution in [1.82, 2.24) is 20.4 Å². The first-order chi connectivity index (χ1) is 12.6. The Morgan fingerprint density at radius 1 is 1.31 bits per heavy atom. The van der Waals surface area contributed by atoms with Gasteiger partial charge in [0.2, 0.25) is 5.95 Å². The number of carbonyl (C=O) groups is 1. The molecule has 138 valence electrons. The van der Waals surface area contributed by atoms with Gasteiger partial charge in [0.15, 0.2) is 5.69 Å². The van der Waals surface area contributed by atoms with Crippen LogP contribution < -0.4 is 15.8 Å². The number of carbonyl (C=O) groups excluding carboxylic acids is 1. The lowest BCUT2D eigenvalue weighted by Gasteiger charge is -2.32. The van der Waals surface area contributed by atoms with E-state index in [0.29, 0.717) is 17.3 Å². The Bertz CT molecular complexity index is 864. The summed E-state index contributed by atoms with van der Waals surface area (Å²) in [5, 5.41) is 7.08. The van der Waals surface area contributed by atoms with Gasteiger partial charge in [0.05, 0.1) is 0 Å². The number of aromatic amines is 1. The Morgan fingerprint density at radius 3 is 2.85 bits per heavy atom. The summed E-state index contributed by atoms with van der Waals surface area (Å²) in [5.41, 5.74) is 1.99. The summed E-state index contributed by atoms with van der Waals surface area (Å²) < 4.78 is 5.33. The molecule has 2 aromatic heterocycles. The van der Waals surface area contributed by atoms with Crippen molar-refractivity contribution in [1.29, 1.82) is 0 Å². The molecule has 1 saturated heterocycles. The molecule has 0 saturated carbocycles. The fourth-order valence-electron chi connectivity index (χ4n) is 3.77. The fraction of sp³-hybridized carbons (Fsp3) is 0.556. The second-order valence-corrected chi connectivity index (χ2v) is 7.09. The van der Waals surface area contributed by atoms with Crippen LogP contribution in [0.5, 0.6) is 0 Å². The van der Waals surface area contributed by atoms with E-state index in [2.05, 4.69) is 25.3 Å². The van der Waals surface area contributed by atoms with Gasteiger partial charge in [-0.2, -0.15) is 0 Å². The van der Waals surface area contributed by atoms with Gasteiger partial charge in [-0.3, -0.25) is 14.6 Å². The number of hydrogen-bond acceptors (Lipinski definition) is 6. The highest BCUT2D eigenvalue weighted by Crippen LogP contribution is 2.24. The largest absolute Gasteiger partial charge is 0.360 e. The fourth-order valence-corrected chi connectivity index (χ4v) is 3.77. The number of H-pyrrole nitrogens is 1. The Labute approximate surface area is 151 Å². The van der Waals surface area contributed by atoms with Crippen LogP contribution in [-0.2, 0) is 12.8 Å². The number of aromatic nitrogens is 3. The maximum absolute atomic E-state index is 12.6. The molecule has 1 amide bonds. The molecule has 0 spiro atoms. The van der Waals surface area contributed by atoms with Crippen molar-refractivity contribution in [2.45, 2.75) is 51.5 Å². The molecule has 0 bridgehead atoms. The maximum Gasteiger partial charge on any atom is 0.273 e. The second-order valence-electron chi connectivity index (χ2n) is 7.09. The number of amides is 1. The summed E-state index contributed by atoms with van der Waals surface area (Å²) >= 11 is 0. The first-order valence-corrected chi connectivity index (χ1v) is 9.21. The summed E-state index contributed by atoms with van der Waals surface area (Å²) in [5.74, 6) is 1.33. The van der Waals surface area contributed by atoms with Crippen molar-refractivity contribution in [3.05, 3.63) is 39.1 Å². The molecule has 0 unspecified atom stereocenters. The summed E-state index contributed by atoms with van der Waals surface area (Å²) in [7, 11) is 0. The van der Waals surface area contributed by atoms with E-state index < -0.39 is 0 Å². The van der Waals surface area contributed by atoms with Crippen LogP contribution in [0.2, 0.25) is 0 Å². The summed E-state index contributed by atoms with van der Waals surface area (Å²) in [6, 6.07) is 1.57. The monoisotopic (exact) mass is 357 g/mol. The highest BCUT2D eigenvalue weighted by molar-refractivity contribution is 5.94. The third-order valence-corrected chi connectivity index (χ3v) is 5.15. The molecule has 0 radical (unpaired) electrons. The van der Waals surface area contributed by atoms with Crippen molar-refractivity contribution in [2.24, 2.45) is 0 Å². The van der Waals surface area contributed by atoms with Crippen LogP contribution in [0, 0.1) is 6.92 Å². The van der Waals surface area contributed by atoms with E-state index in [9.17, 15) is 9.59 Å². The van der Waals surface area contributed by atoms with E-state index in [1.165, 1.54) is 6.07 Å². The Hall–Kier alpha value is -2.64. The second kappa shape index (κ2) is 6.93. The molecule has 1 aliphatic heterocycles. The van der Waals surface area contributed by atoms with Gasteiger partial charge in [-0.25, -0.2) is 4.98 Å². The number of rotatable bonds is 3. The molecular weight excluding hydrogens is 334 g/mol. The zero-order chi connectivity index (χ0) is 18.1. The van der Waals surface area contributed by atoms with E-state index in [-0.39, 0.29) is 17.5 Å². The zero-order valence-corrected chi connectivity index (χ0v) is 14.9. The number of nitrogens with one attached hydrogen (secondary N) is 2. The number of aryl methyl sites for hydroxylation is 2. The van der Waals surface area contributed by atoms with Gasteiger partial charge < -0.3 is 14.7 Å². The van der Waals surface area contributed by atoms with Gasteiger partial charge >= 0.3 is 0 Å². The summed E-state index contributed by atoms with van der Waals surface area (Å²) in [6.45, 7) is 3.27. The zero-order valence-electron chi connectivity index (χ0n) is 14.9. The van der Waals surface area contributed by atoms with Gasteiger partial charge in [-0.05, 0) is 39.0 Å². The first-order valence-electron chi connectivity index (χ1n) is 9.21. The quantitative estimate of drug-likeness (QED) is 0.859. The number of piperidine rings is 1. The normalized spacial score (nSPS) is 17.8. The number of fused-ring (bicyclic) bond motifs is 1. The van der Waals surface area contributed by atoms with Crippen LogP contribution >= 0.6 is 0 Å². The lowest BCUT2D eigenvalue weighted by Crippen LogP contribution is -2.45. The van der Waals surface area contributed by atoms with Crippen molar-refractivity contribution < 1.29 is 9.32 Å². The van der Waals surface area contributed by atoms with Gasteiger partial charge in [-0.15, -0.1) is 0 Å². The predicted octanol–water partition coefficient (Wildman–Crippen LogP) is 1.34. The van der Waals surface area contributed by atoms with E-state index >= 15 is 0 Å². The minimum Gasteiger partial charge on any atom is -0.360 e. The highest BCUT2D eigenvalue weighted by atomic mass is 16.5. The van der Waals surface area contributed by atoms with Crippen molar-refractivity contribution >= 4 is 11.9 Å². The average Bonchev–Trinajstić information content (AvgIpc) is 3.06. The lowest BCUT2D eigenvalue weighted by atomic mass is 9.96. The molecule has 0 atom stereocenters. The first kappa shape index (κ1) is 16.8. The number of anilines is 1. The average molecular weight is 357 g/mol. The summed E-state index contributed by atoms with van der Waals surface area (Å²) in [6.07, 6.45) is 5.50. The van der Waals surface area contributed by atoms with Crippen LogP contribution in [0.15, 0.2) is 15.4 Å². The molecule has 2 aromatic rings. The van der Waals surface area contributed by atoms with E-state index in [1.807, 2.05) is 6.92 Å².